The van der Waals surface area contributed by atoms with Crippen LogP contribution in [0.5, 0.6) is 5.75 Å². The Bertz CT molecular complexity index is 363. The molecule has 0 spiro atoms. The third-order valence-corrected chi connectivity index (χ3v) is 3.30. The van der Waals surface area contributed by atoms with Crippen LogP contribution in [0.1, 0.15) is 26.3 Å². The zero-order chi connectivity index (χ0) is 13.6. The van der Waals surface area contributed by atoms with Crippen LogP contribution < -0.4 is 15.8 Å². The molecule has 1 rings (SSSR count). The zero-order valence-electron chi connectivity index (χ0n) is 12.0. The van der Waals surface area contributed by atoms with Gasteiger partial charge in [-0.3, -0.25) is 0 Å². The van der Waals surface area contributed by atoms with Gasteiger partial charge in [-0.25, -0.2) is 0 Å². The van der Waals surface area contributed by atoms with Gasteiger partial charge in [0, 0.05) is 17.5 Å². The highest BCUT2D eigenvalue weighted by atomic mass is 16.5. The molecule has 102 valence electrons. The molecule has 0 aliphatic heterocycles. The highest BCUT2D eigenvalue weighted by Gasteiger charge is 2.23. The van der Waals surface area contributed by atoms with Crippen molar-refractivity contribution in [3.63, 3.8) is 0 Å². The molecule has 3 nitrogen and oxygen atoms in total. The van der Waals surface area contributed by atoms with E-state index in [1.807, 2.05) is 12.1 Å². The summed E-state index contributed by atoms with van der Waals surface area (Å²) in [7, 11) is 1.72. The van der Waals surface area contributed by atoms with Crippen LogP contribution in [0.4, 0.5) is 0 Å². The molecule has 3 heteroatoms. The van der Waals surface area contributed by atoms with Gasteiger partial charge in [0.25, 0.3) is 0 Å². The maximum Gasteiger partial charge on any atom is 0.122 e. The van der Waals surface area contributed by atoms with E-state index in [1.54, 1.807) is 7.11 Å². The Morgan fingerprint density at radius 2 is 2.00 bits per heavy atom. The average molecular weight is 250 g/mol. The van der Waals surface area contributed by atoms with E-state index in [0.29, 0.717) is 5.92 Å². The summed E-state index contributed by atoms with van der Waals surface area (Å²) in [6.07, 6.45) is 0. The predicted octanol–water partition coefficient (Wildman–Crippen LogP) is 2.16. The summed E-state index contributed by atoms with van der Waals surface area (Å²) < 4.78 is 5.43. The molecule has 0 aromatic heterocycles. The first kappa shape index (κ1) is 15.0. The molecule has 1 unspecified atom stereocenters. The van der Waals surface area contributed by atoms with Gasteiger partial charge < -0.3 is 15.8 Å². The van der Waals surface area contributed by atoms with Gasteiger partial charge in [0.2, 0.25) is 0 Å². The summed E-state index contributed by atoms with van der Waals surface area (Å²) in [5.41, 5.74) is 6.90. The number of benzene rings is 1. The summed E-state index contributed by atoms with van der Waals surface area (Å²) >= 11 is 0. The molecule has 0 amide bonds. The van der Waals surface area contributed by atoms with Crippen LogP contribution in [0.2, 0.25) is 0 Å². The van der Waals surface area contributed by atoms with Crippen LogP contribution in [0.3, 0.4) is 0 Å². The maximum absolute atomic E-state index is 5.62. The molecule has 0 heterocycles. The molecule has 1 atom stereocenters. The fourth-order valence-electron chi connectivity index (χ4n) is 2.01. The van der Waals surface area contributed by atoms with Crippen molar-refractivity contribution in [2.75, 3.05) is 26.7 Å². The van der Waals surface area contributed by atoms with Gasteiger partial charge in [-0.2, -0.15) is 0 Å². The second kappa shape index (κ2) is 6.76. The molecule has 3 N–H and O–H groups in total. The second-order valence-corrected chi connectivity index (χ2v) is 5.56. The molecule has 1 aromatic carbocycles. The van der Waals surface area contributed by atoms with Crippen LogP contribution in [0.25, 0.3) is 0 Å². The molecule has 0 saturated carbocycles. The van der Waals surface area contributed by atoms with Crippen molar-refractivity contribution in [2.24, 2.45) is 11.7 Å². The quantitative estimate of drug-likeness (QED) is 0.779. The minimum atomic E-state index is 0.0426. The first-order valence-corrected chi connectivity index (χ1v) is 6.55. The molecule has 0 fully saturated rings. The Kier molecular flexibility index (Phi) is 5.63. The van der Waals surface area contributed by atoms with E-state index in [2.05, 4.69) is 38.2 Å². The van der Waals surface area contributed by atoms with Gasteiger partial charge in [0.05, 0.1) is 7.11 Å². The minimum absolute atomic E-state index is 0.0426. The lowest BCUT2D eigenvalue weighted by Crippen LogP contribution is -2.36. The van der Waals surface area contributed by atoms with Gasteiger partial charge in [0.15, 0.2) is 0 Å². The maximum atomic E-state index is 5.62. The lowest BCUT2D eigenvalue weighted by Gasteiger charge is -2.28. The SMILES string of the molecule is COc1ccccc1C(C)(C)CNCC(C)CN. The number of nitrogens with two attached hydrogens (primary N) is 1. The number of ether oxygens (including phenoxy) is 1. The van der Waals surface area contributed by atoms with Crippen molar-refractivity contribution in [1.82, 2.24) is 5.32 Å². The van der Waals surface area contributed by atoms with E-state index >= 15 is 0 Å². The topological polar surface area (TPSA) is 47.3 Å². The largest absolute Gasteiger partial charge is 0.496 e. The second-order valence-electron chi connectivity index (χ2n) is 5.56. The van der Waals surface area contributed by atoms with E-state index in [4.69, 9.17) is 10.5 Å². The summed E-state index contributed by atoms with van der Waals surface area (Å²) in [5, 5.41) is 3.49. The fourth-order valence-corrected chi connectivity index (χ4v) is 2.01. The number of hydrogen-bond acceptors (Lipinski definition) is 3. The van der Waals surface area contributed by atoms with Gasteiger partial charge in [-0.15, -0.1) is 0 Å². The first-order valence-electron chi connectivity index (χ1n) is 6.55. The molecule has 0 aliphatic rings. The molecule has 0 aliphatic carbocycles. The third-order valence-electron chi connectivity index (χ3n) is 3.30. The Hall–Kier alpha value is -1.06. The molecule has 0 saturated heterocycles. The highest BCUT2D eigenvalue weighted by Crippen LogP contribution is 2.30. The molecular formula is C15H26N2O. The van der Waals surface area contributed by atoms with Crippen LogP contribution >= 0.6 is 0 Å². The van der Waals surface area contributed by atoms with E-state index in [-0.39, 0.29) is 5.41 Å². The molecule has 1 aromatic rings. The Balaban J connectivity index is 2.67. The fraction of sp³-hybridized carbons (Fsp3) is 0.600. The van der Waals surface area contributed by atoms with Crippen LogP contribution in [0, 0.1) is 5.92 Å². The number of methoxy groups -OCH3 is 1. The lowest BCUT2D eigenvalue weighted by molar-refractivity contribution is 0.380. The minimum Gasteiger partial charge on any atom is -0.496 e. The highest BCUT2D eigenvalue weighted by molar-refractivity contribution is 5.39. The van der Waals surface area contributed by atoms with Gasteiger partial charge >= 0.3 is 0 Å². The summed E-state index contributed by atoms with van der Waals surface area (Å²) in [6, 6.07) is 8.21. The van der Waals surface area contributed by atoms with E-state index < -0.39 is 0 Å². The number of rotatable bonds is 7. The van der Waals surface area contributed by atoms with Crippen molar-refractivity contribution in [1.29, 1.82) is 0 Å². The molecule has 0 radical (unpaired) electrons. The summed E-state index contributed by atoms with van der Waals surface area (Å²) in [4.78, 5) is 0. The summed E-state index contributed by atoms with van der Waals surface area (Å²) in [6.45, 7) is 9.20. The Labute approximate surface area is 111 Å². The van der Waals surface area contributed by atoms with E-state index in [9.17, 15) is 0 Å². The number of para-hydroxylation sites is 1. The first-order chi connectivity index (χ1) is 8.51. The lowest BCUT2D eigenvalue weighted by atomic mass is 9.84. The molecule has 0 bridgehead atoms. The normalized spacial score (nSPS) is 13.4. The van der Waals surface area contributed by atoms with E-state index in [1.165, 1.54) is 5.56 Å². The third kappa shape index (κ3) is 4.00. The van der Waals surface area contributed by atoms with Crippen molar-refractivity contribution >= 4 is 0 Å². The Morgan fingerprint density at radius 3 is 2.61 bits per heavy atom. The predicted molar refractivity (Wildman–Crippen MR) is 77.1 cm³/mol. The molecular weight excluding hydrogens is 224 g/mol. The van der Waals surface area contributed by atoms with Crippen molar-refractivity contribution in [2.45, 2.75) is 26.2 Å². The van der Waals surface area contributed by atoms with Crippen LogP contribution in [-0.4, -0.2) is 26.7 Å². The monoisotopic (exact) mass is 250 g/mol. The Morgan fingerprint density at radius 1 is 1.33 bits per heavy atom. The standard InChI is InChI=1S/C15H26N2O/c1-12(9-16)10-17-11-15(2,3)13-7-5-6-8-14(13)18-4/h5-8,12,17H,9-11,16H2,1-4H3. The van der Waals surface area contributed by atoms with Crippen molar-refractivity contribution < 1.29 is 4.74 Å². The number of nitrogens with one attached hydrogen (secondary N) is 1. The van der Waals surface area contributed by atoms with Gasteiger partial charge in [-0.05, 0) is 25.1 Å². The van der Waals surface area contributed by atoms with Crippen molar-refractivity contribution in [3.05, 3.63) is 29.8 Å². The van der Waals surface area contributed by atoms with Crippen LogP contribution in [0.15, 0.2) is 24.3 Å². The van der Waals surface area contributed by atoms with E-state index in [0.717, 1.165) is 25.4 Å². The smallest absolute Gasteiger partial charge is 0.122 e. The number of hydrogen-bond donors (Lipinski definition) is 2. The van der Waals surface area contributed by atoms with Crippen molar-refractivity contribution in [3.8, 4) is 5.75 Å². The van der Waals surface area contributed by atoms with Crippen LogP contribution in [-0.2, 0) is 5.41 Å². The average Bonchev–Trinajstić information content (AvgIpc) is 2.38. The zero-order valence-corrected chi connectivity index (χ0v) is 12.0. The summed E-state index contributed by atoms with van der Waals surface area (Å²) in [5.74, 6) is 1.47. The van der Waals surface area contributed by atoms with Gasteiger partial charge in [-0.1, -0.05) is 39.0 Å². The molecule has 18 heavy (non-hydrogen) atoms. The van der Waals surface area contributed by atoms with Gasteiger partial charge in [0.1, 0.15) is 5.75 Å².